The van der Waals surface area contributed by atoms with Crippen LogP contribution in [0.25, 0.3) is 0 Å². The summed E-state index contributed by atoms with van der Waals surface area (Å²) >= 11 is 0. The molecule has 0 fully saturated rings. The molecule has 0 unspecified atom stereocenters. The number of nitrogens with zero attached hydrogens (tertiary/aromatic N) is 1. The minimum absolute atomic E-state index is 0.0397. The lowest BCUT2D eigenvalue weighted by Crippen LogP contribution is -2.27. The standard InChI is InChI=1S/C14H21N3O3/c1-11(2)15-8-4-7-14(18)16-10-12-5-3-6-13(9-12)17(19)20/h3,5-6,9,11,15H,4,7-8,10H2,1-2H3,(H,16,18). The molecule has 0 atom stereocenters. The van der Waals surface area contributed by atoms with Crippen LogP contribution in [0.4, 0.5) is 5.69 Å². The maximum Gasteiger partial charge on any atom is 0.269 e. The summed E-state index contributed by atoms with van der Waals surface area (Å²) in [6.45, 7) is 5.24. The topological polar surface area (TPSA) is 84.3 Å². The van der Waals surface area contributed by atoms with E-state index in [1.54, 1.807) is 12.1 Å². The van der Waals surface area contributed by atoms with Crippen molar-refractivity contribution < 1.29 is 9.72 Å². The SMILES string of the molecule is CC(C)NCCCC(=O)NCc1cccc([N+](=O)[O-])c1. The lowest BCUT2D eigenvalue weighted by atomic mass is 10.2. The van der Waals surface area contributed by atoms with Crippen molar-refractivity contribution in [2.45, 2.75) is 39.3 Å². The molecule has 6 nitrogen and oxygen atoms in total. The number of carbonyl (C=O) groups is 1. The van der Waals surface area contributed by atoms with Crippen LogP contribution in [0, 0.1) is 10.1 Å². The van der Waals surface area contributed by atoms with Gasteiger partial charge in [-0.1, -0.05) is 26.0 Å². The molecule has 0 aromatic heterocycles. The van der Waals surface area contributed by atoms with E-state index in [9.17, 15) is 14.9 Å². The predicted molar refractivity (Wildman–Crippen MR) is 77.3 cm³/mol. The number of nitro groups is 1. The molecule has 0 aliphatic rings. The van der Waals surface area contributed by atoms with E-state index in [2.05, 4.69) is 24.5 Å². The van der Waals surface area contributed by atoms with Crippen molar-refractivity contribution in [1.29, 1.82) is 0 Å². The highest BCUT2D eigenvalue weighted by atomic mass is 16.6. The van der Waals surface area contributed by atoms with Crippen LogP contribution in [-0.4, -0.2) is 23.4 Å². The fraction of sp³-hybridized carbons (Fsp3) is 0.500. The first-order chi connectivity index (χ1) is 9.49. The van der Waals surface area contributed by atoms with E-state index in [4.69, 9.17) is 0 Å². The summed E-state index contributed by atoms with van der Waals surface area (Å²) in [6, 6.07) is 6.70. The maximum atomic E-state index is 11.6. The molecule has 1 amide bonds. The molecule has 1 rings (SSSR count). The number of hydrogen-bond donors (Lipinski definition) is 2. The molecule has 1 aromatic carbocycles. The van der Waals surface area contributed by atoms with Gasteiger partial charge >= 0.3 is 0 Å². The quantitative estimate of drug-likeness (QED) is 0.433. The molecule has 0 bridgehead atoms. The Morgan fingerprint density at radius 2 is 2.15 bits per heavy atom. The summed E-state index contributed by atoms with van der Waals surface area (Å²) in [5.74, 6) is -0.0398. The molecule has 1 aromatic rings. The van der Waals surface area contributed by atoms with Gasteiger partial charge in [-0.25, -0.2) is 0 Å². The van der Waals surface area contributed by atoms with Crippen molar-refractivity contribution in [3.05, 3.63) is 39.9 Å². The number of hydrogen-bond acceptors (Lipinski definition) is 4. The highest BCUT2D eigenvalue weighted by molar-refractivity contribution is 5.75. The first kappa shape index (κ1) is 16.1. The van der Waals surface area contributed by atoms with E-state index < -0.39 is 4.92 Å². The van der Waals surface area contributed by atoms with Gasteiger partial charge in [0.1, 0.15) is 0 Å². The Morgan fingerprint density at radius 3 is 2.80 bits per heavy atom. The van der Waals surface area contributed by atoms with Crippen LogP contribution in [0.1, 0.15) is 32.3 Å². The Labute approximate surface area is 118 Å². The largest absolute Gasteiger partial charge is 0.352 e. The van der Waals surface area contributed by atoms with E-state index in [-0.39, 0.29) is 11.6 Å². The van der Waals surface area contributed by atoms with Crippen molar-refractivity contribution in [1.82, 2.24) is 10.6 Å². The molecule has 110 valence electrons. The van der Waals surface area contributed by atoms with Gasteiger partial charge in [0.05, 0.1) is 4.92 Å². The van der Waals surface area contributed by atoms with Crippen molar-refractivity contribution in [2.75, 3.05) is 6.54 Å². The van der Waals surface area contributed by atoms with Crippen molar-refractivity contribution in [3.63, 3.8) is 0 Å². The monoisotopic (exact) mass is 279 g/mol. The zero-order valence-corrected chi connectivity index (χ0v) is 11.9. The summed E-state index contributed by atoms with van der Waals surface area (Å²) in [5, 5.41) is 16.6. The Bertz CT molecular complexity index is 461. The number of carbonyl (C=O) groups excluding carboxylic acids is 1. The molecule has 6 heteroatoms. The van der Waals surface area contributed by atoms with E-state index in [0.717, 1.165) is 18.5 Å². The zero-order chi connectivity index (χ0) is 15.0. The van der Waals surface area contributed by atoms with Gasteiger partial charge in [-0.05, 0) is 18.5 Å². The van der Waals surface area contributed by atoms with Crippen LogP contribution >= 0.6 is 0 Å². The number of amides is 1. The van der Waals surface area contributed by atoms with Gasteiger partial charge in [0.25, 0.3) is 5.69 Å². The van der Waals surface area contributed by atoms with E-state index in [1.165, 1.54) is 12.1 Å². The highest BCUT2D eigenvalue weighted by Crippen LogP contribution is 2.12. The van der Waals surface area contributed by atoms with Crippen LogP contribution < -0.4 is 10.6 Å². The number of rotatable bonds is 8. The first-order valence-electron chi connectivity index (χ1n) is 6.72. The maximum absolute atomic E-state index is 11.6. The Balaban J connectivity index is 2.30. The van der Waals surface area contributed by atoms with Crippen molar-refractivity contribution >= 4 is 11.6 Å². The van der Waals surface area contributed by atoms with Crippen LogP contribution in [0.2, 0.25) is 0 Å². The lowest BCUT2D eigenvalue weighted by molar-refractivity contribution is -0.384. The smallest absolute Gasteiger partial charge is 0.269 e. The molecule has 0 saturated heterocycles. The lowest BCUT2D eigenvalue weighted by Gasteiger charge is -2.08. The average molecular weight is 279 g/mol. The fourth-order valence-corrected chi connectivity index (χ4v) is 1.71. The molecule has 20 heavy (non-hydrogen) atoms. The van der Waals surface area contributed by atoms with Crippen molar-refractivity contribution in [2.24, 2.45) is 0 Å². The number of nitrogens with one attached hydrogen (secondary N) is 2. The summed E-state index contributed by atoms with van der Waals surface area (Å²) in [6.07, 6.45) is 1.23. The highest BCUT2D eigenvalue weighted by Gasteiger charge is 2.06. The summed E-state index contributed by atoms with van der Waals surface area (Å²) in [5.41, 5.74) is 0.769. The molecular weight excluding hydrogens is 258 g/mol. The first-order valence-corrected chi connectivity index (χ1v) is 6.72. The second-order valence-electron chi connectivity index (χ2n) is 4.92. The second-order valence-corrected chi connectivity index (χ2v) is 4.92. The predicted octanol–water partition coefficient (Wildman–Crippen LogP) is 1.99. The summed E-state index contributed by atoms with van der Waals surface area (Å²) < 4.78 is 0. The Hall–Kier alpha value is -1.95. The summed E-state index contributed by atoms with van der Waals surface area (Å²) in [4.78, 5) is 21.8. The molecule has 0 aliphatic carbocycles. The third-order valence-corrected chi connectivity index (χ3v) is 2.74. The fourth-order valence-electron chi connectivity index (χ4n) is 1.71. The molecular formula is C14H21N3O3. The van der Waals surface area contributed by atoms with E-state index >= 15 is 0 Å². The van der Waals surface area contributed by atoms with Crippen molar-refractivity contribution in [3.8, 4) is 0 Å². The van der Waals surface area contributed by atoms with Gasteiger partial charge in [0.2, 0.25) is 5.91 Å². The van der Waals surface area contributed by atoms with E-state index in [1.807, 2.05) is 0 Å². The Morgan fingerprint density at radius 1 is 1.40 bits per heavy atom. The number of benzene rings is 1. The van der Waals surface area contributed by atoms with Crippen LogP contribution in [-0.2, 0) is 11.3 Å². The molecule has 0 heterocycles. The molecule has 0 aliphatic heterocycles. The molecule has 0 saturated carbocycles. The third-order valence-electron chi connectivity index (χ3n) is 2.74. The zero-order valence-electron chi connectivity index (χ0n) is 11.9. The minimum Gasteiger partial charge on any atom is -0.352 e. The van der Waals surface area contributed by atoms with Gasteiger partial charge in [-0.15, -0.1) is 0 Å². The summed E-state index contributed by atoms with van der Waals surface area (Å²) in [7, 11) is 0. The van der Waals surface area contributed by atoms with E-state index in [0.29, 0.717) is 19.0 Å². The average Bonchev–Trinajstić information content (AvgIpc) is 2.41. The third kappa shape index (κ3) is 6.29. The second kappa shape index (κ2) is 8.27. The molecule has 0 radical (unpaired) electrons. The van der Waals surface area contributed by atoms with Gasteiger partial charge in [0.15, 0.2) is 0 Å². The molecule has 2 N–H and O–H groups in total. The normalized spacial score (nSPS) is 10.6. The van der Waals surface area contributed by atoms with Gasteiger partial charge < -0.3 is 10.6 Å². The Kier molecular flexibility index (Phi) is 6.66. The van der Waals surface area contributed by atoms with Crippen LogP contribution in [0.5, 0.6) is 0 Å². The number of non-ortho nitro benzene ring substituents is 1. The van der Waals surface area contributed by atoms with Crippen LogP contribution in [0.15, 0.2) is 24.3 Å². The van der Waals surface area contributed by atoms with Crippen LogP contribution in [0.3, 0.4) is 0 Å². The van der Waals surface area contributed by atoms with Gasteiger partial charge in [-0.3, -0.25) is 14.9 Å². The van der Waals surface area contributed by atoms with Gasteiger partial charge in [0, 0.05) is 31.1 Å². The number of nitro benzene ring substituents is 1. The molecule has 0 spiro atoms. The van der Waals surface area contributed by atoms with Gasteiger partial charge in [-0.2, -0.15) is 0 Å². The minimum atomic E-state index is -0.442.